The van der Waals surface area contributed by atoms with Gasteiger partial charge in [-0.25, -0.2) is 0 Å². The number of carboxylic acids is 1. The Morgan fingerprint density at radius 1 is 0.938 bits per heavy atom. The van der Waals surface area contributed by atoms with Gasteiger partial charge in [0.2, 0.25) is 29.5 Å². The number of aliphatic carboxylic acids is 1. The minimum Gasteiger partial charge on any atom is -0.550 e. The maximum atomic E-state index is 13.5. The quantitative estimate of drug-likeness (QED) is 0.0554. The van der Waals surface area contributed by atoms with Crippen LogP contribution >= 0.6 is 0 Å². The van der Waals surface area contributed by atoms with Crippen molar-refractivity contribution in [2.24, 2.45) is 11.5 Å². The van der Waals surface area contributed by atoms with Crippen LogP contribution in [0.2, 0.25) is 0 Å². The van der Waals surface area contributed by atoms with Gasteiger partial charge < -0.3 is 47.3 Å². The molecule has 8 N–H and O–H groups in total. The third kappa shape index (κ3) is 11.9. The molecular formula is C30H36N7NaO10. The molecule has 0 bridgehead atoms. The number of hydrogen-bond acceptors (Lipinski definition) is 11. The minimum absolute atomic E-state index is 0. The summed E-state index contributed by atoms with van der Waals surface area (Å²) in [6, 6.07) is 6.56. The number of aromatic hydroxyl groups is 1. The molecule has 1 fully saturated rings. The number of phenols is 1. The SMILES string of the molecule is NC(=O)[C@@H]1CCCN1C(=O)[C@H](Cc1ccc([N+](=O)[O-])cc1)NC(=O)CNC(=O)[C@H](CCC(=O)[O-])NC(=O)[C@@H](N)Cc1ccc(O)cc1.[Na+]. The molecule has 0 unspecified atom stereocenters. The van der Waals surface area contributed by atoms with E-state index >= 15 is 0 Å². The summed E-state index contributed by atoms with van der Waals surface area (Å²) in [6.45, 7) is -0.468. The van der Waals surface area contributed by atoms with Crippen molar-refractivity contribution in [3.63, 3.8) is 0 Å². The predicted octanol–water partition coefficient (Wildman–Crippen LogP) is -5.49. The predicted molar refractivity (Wildman–Crippen MR) is 162 cm³/mol. The Morgan fingerprint density at radius 3 is 2.12 bits per heavy atom. The summed E-state index contributed by atoms with van der Waals surface area (Å²) in [4.78, 5) is 86.8. The van der Waals surface area contributed by atoms with Gasteiger partial charge in [-0.3, -0.25) is 34.1 Å². The molecule has 1 saturated heterocycles. The van der Waals surface area contributed by atoms with Crippen molar-refractivity contribution in [1.29, 1.82) is 0 Å². The van der Waals surface area contributed by atoms with Gasteiger partial charge in [-0.1, -0.05) is 24.3 Å². The summed E-state index contributed by atoms with van der Waals surface area (Å²) in [6.07, 6.45) is -0.195. The Labute approximate surface area is 297 Å². The summed E-state index contributed by atoms with van der Waals surface area (Å²) < 4.78 is 0. The van der Waals surface area contributed by atoms with Crippen LogP contribution in [-0.2, 0) is 41.6 Å². The van der Waals surface area contributed by atoms with Gasteiger partial charge in [0.1, 0.15) is 23.9 Å². The van der Waals surface area contributed by atoms with Crippen LogP contribution in [0.15, 0.2) is 48.5 Å². The Hall–Kier alpha value is -4.58. The number of nitro benzene ring substituents is 1. The maximum Gasteiger partial charge on any atom is 1.00 e. The number of rotatable bonds is 16. The molecule has 0 aliphatic carbocycles. The molecular weight excluding hydrogens is 641 g/mol. The summed E-state index contributed by atoms with van der Waals surface area (Å²) in [5.41, 5.74) is 12.3. The first kappa shape index (κ1) is 39.6. The van der Waals surface area contributed by atoms with E-state index in [0.29, 0.717) is 24.0 Å². The second-order valence-electron chi connectivity index (χ2n) is 11.0. The van der Waals surface area contributed by atoms with Crippen molar-refractivity contribution in [2.75, 3.05) is 13.1 Å². The number of amides is 5. The number of carbonyl (C=O) groups excluding carboxylic acids is 6. The van der Waals surface area contributed by atoms with Crippen LogP contribution in [0.3, 0.4) is 0 Å². The summed E-state index contributed by atoms with van der Waals surface area (Å²) in [5, 5.41) is 38.7. The number of nitrogens with zero attached hydrogens (tertiary/aromatic N) is 2. The molecule has 4 atom stereocenters. The molecule has 3 rings (SSSR count). The van der Waals surface area contributed by atoms with Crippen LogP contribution in [0.25, 0.3) is 0 Å². The molecule has 252 valence electrons. The Balaban J connectivity index is 0.00000800. The van der Waals surface area contributed by atoms with E-state index in [0.717, 1.165) is 0 Å². The number of primary amides is 1. The largest absolute Gasteiger partial charge is 1.00 e. The number of benzene rings is 2. The number of carboxylic acid groups (broad SMARTS) is 1. The Morgan fingerprint density at radius 2 is 1.54 bits per heavy atom. The molecule has 0 aromatic heterocycles. The molecule has 1 aliphatic rings. The average Bonchev–Trinajstić information content (AvgIpc) is 3.53. The van der Waals surface area contributed by atoms with Crippen LogP contribution in [-0.4, -0.2) is 87.7 Å². The van der Waals surface area contributed by atoms with Gasteiger partial charge in [0, 0.05) is 31.1 Å². The van der Waals surface area contributed by atoms with Crippen molar-refractivity contribution in [3.05, 3.63) is 69.8 Å². The summed E-state index contributed by atoms with van der Waals surface area (Å²) >= 11 is 0. The molecule has 5 amide bonds. The molecule has 0 saturated carbocycles. The molecule has 1 aliphatic heterocycles. The molecule has 0 spiro atoms. The van der Waals surface area contributed by atoms with Gasteiger partial charge in [0.05, 0.1) is 17.5 Å². The number of phenolic OH excluding ortho intramolecular Hbond substituents is 1. The van der Waals surface area contributed by atoms with Crippen LogP contribution in [0.1, 0.15) is 36.8 Å². The first-order valence-corrected chi connectivity index (χ1v) is 14.7. The fraction of sp³-hybridized carbons (Fsp3) is 0.400. The second kappa shape index (κ2) is 18.7. The number of non-ortho nitro benzene ring substituents is 1. The van der Waals surface area contributed by atoms with E-state index in [1.54, 1.807) is 12.1 Å². The van der Waals surface area contributed by atoms with E-state index in [4.69, 9.17) is 11.5 Å². The first-order chi connectivity index (χ1) is 22.2. The summed E-state index contributed by atoms with van der Waals surface area (Å²) in [7, 11) is 0. The molecule has 48 heavy (non-hydrogen) atoms. The smallest absolute Gasteiger partial charge is 0.550 e. The average molecular weight is 678 g/mol. The summed E-state index contributed by atoms with van der Waals surface area (Å²) in [5.74, 6) is -5.30. The number of nitrogens with two attached hydrogens (primary N) is 2. The van der Waals surface area contributed by atoms with Crippen molar-refractivity contribution in [1.82, 2.24) is 20.9 Å². The Bertz CT molecular complexity index is 1490. The molecule has 0 radical (unpaired) electrons. The van der Waals surface area contributed by atoms with Gasteiger partial charge in [-0.2, -0.15) is 0 Å². The van der Waals surface area contributed by atoms with Gasteiger partial charge in [0.15, 0.2) is 0 Å². The number of carbonyl (C=O) groups is 6. The van der Waals surface area contributed by atoms with E-state index < -0.39 is 77.6 Å². The van der Waals surface area contributed by atoms with E-state index in [1.807, 2.05) is 0 Å². The van der Waals surface area contributed by atoms with Gasteiger partial charge in [0.25, 0.3) is 5.69 Å². The number of hydrogen-bond donors (Lipinski definition) is 6. The van der Waals surface area contributed by atoms with E-state index in [2.05, 4.69) is 16.0 Å². The standard InChI is InChI=1S/C30H37N7O10.Na/c31-21(14-17-5-9-20(38)10-6-17)28(43)35-22(11-12-26(40)41)29(44)33-16-25(39)34-23(15-18-3-7-19(8-4-18)37(46)47)30(45)36-13-1-2-24(36)27(32)42;/h3-10,21-24,38H,1-2,11-16,31H2,(H2,32,42)(H,33,44)(H,34,39)(H,35,43)(H,40,41);/q;+1/p-1/t21-,22-,23-,24-;/m0./s1. The van der Waals surface area contributed by atoms with Crippen LogP contribution in [0.5, 0.6) is 5.75 Å². The van der Waals surface area contributed by atoms with Crippen molar-refractivity contribution >= 4 is 41.2 Å². The third-order valence-electron chi connectivity index (χ3n) is 7.51. The zero-order valence-electron chi connectivity index (χ0n) is 26.3. The third-order valence-corrected chi connectivity index (χ3v) is 7.51. The fourth-order valence-corrected chi connectivity index (χ4v) is 5.04. The molecule has 17 nitrogen and oxygen atoms in total. The molecule has 2 aromatic carbocycles. The number of nitro groups is 1. The van der Waals surface area contributed by atoms with Crippen molar-refractivity contribution in [2.45, 2.75) is 62.7 Å². The van der Waals surface area contributed by atoms with E-state index in [9.17, 15) is 49.1 Å². The zero-order chi connectivity index (χ0) is 34.7. The topological polar surface area (TPSA) is 280 Å². The molecule has 2 aromatic rings. The fourth-order valence-electron chi connectivity index (χ4n) is 5.04. The molecule has 1 heterocycles. The number of nitrogens with one attached hydrogen (secondary N) is 3. The van der Waals surface area contributed by atoms with Gasteiger partial charge in [-0.15, -0.1) is 0 Å². The van der Waals surface area contributed by atoms with Crippen molar-refractivity contribution < 1.29 is 73.5 Å². The maximum absolute atomic E-state index is 13.5. The van der Waals surface area contributed by atoms with Crippen LogP contribution < -0.4 is 62.1 Å². The van der Waals surface area contributed by atoms with Crippen molar-refractivity contribution in [3.8, 4) is 5.75 Å². The Kier molecular flexibility index (Phi) is 15.4. The minimum atomic E-state index is -1.48. The second-order valence-corrected chi connectivity index (χ2v) is 11.0. The van der Waals surface area contributed by atoms with Crippen LogP contribution in [0.4, 0.5) is 5.69 Å². The van der Waals surface area contributed by atoms with E-state index in [-0.39, 0.29) is 66.8 Å². The first-order valence-electron chi connectivity index (χ1n) is 14.7. The monoisotopic (exact) mass is 677 g/mol. The van der Waals surface area contributed by atoms with E-state index in [1.165, 1.54) is 41.3 Å². The normalized spacial score (nSPS) is 15.6. The van der Waals surface area contributed by atoms with Gasteiger partial charge in [-0.05, 0) is 55.4 Å². The number of likely N-dealkylation sites (tertiary alicyclic amines) is 1. The van der Waals surface area contributed by atoms with Gasteiger partial charge >= 0.3 is 29.6 Å². The van der Waals surface area contributed by atoms with Crippen LogP contribution in [0, 0.1) is 10.1 Å². The zero-order valence-corrected chi connectivity index (χ0v) is 28.3. The molecule has 18 heteroatoms.